The topological polar surface area (TPSA) is 60.9 Å². The van der Waals surface area contributed by atoms with E-state index in [0.717, 1.165) is 12.8 Å². The molecule has 0 spiro atoms. The molecular formula is C10H20N2O3S. The maximum absolute atomic E-state index is 12.2. The largest absolute Gasteiger partial charge is 0.392 e. The number of β-amino-alcohol motifs (C(OH)–C–C–N with tert-alkyl or cyclic N) is 1. The Hall–Kier alpha value is -0.170. The molecule has 0 radical (unpaired) electrons. The van der Waals surface area contributed by atoms with E-state index in [0.29, 0.717) is 32.0 Å². The Kier molecular flexibility index (Phi) is 3.53. The number of hydrogen-bond acceptors (Lipinski definition) is 3. The summed E-state index contributed by atoms with van der Waals surface area (Å²) in [6, 6.07) is 0. The van der Waals surface area contributed by atoms with Gasteiger partial charge in [0.05, 0.1) is 6.10 Å². The Morgan fingerprint density at radius 3 is 2.12 bits per heavy atom. The lowest BCUT2D eigenvalue weighted by Gasteiger charge is -2.32. The second-order valence-corrected chi connectivity index (χ2v) is 6.82. The highest BCUT2D eigenvalue weighted by atomic mass is 32.2. The summed E-state index contributed by atoms with van der Waals surface area (Å²) in [5.41, 5.74) is 0. The van der Waals surface area contributed by atoms with Gasteiger partial charge >= 0.3 is 0 Å². The molecule has 2 rings (SSSR count). The summed E-state index contributed by atoms with van der Waals surface area (Å²) in [4.78, 5) is 0. The molecule has 0 saturated carbocycles. The molecule has 2 heterocycles. The molecular weight excluding hydrogens is 228 g/mol. The Labute approximate surface area is 97.2 Å². The van der Waals surface area contributed by atoms with Gasteiger partial charge in [-0.3, -0.25) is 0 Å². The smallest absolute Gasteiger partial charge is 0.282 e. The van der Waals surface area contributed by atoms with Crippen LogP contribution >= 0.6 is 0 Å². The zero-order valence-corrected chi connectivity index (χ0v) is 10.5. The highest BCUT2D eigenvalue weighted by Gasteiger charge is 2.36. The van der Waals surface area contributed by atoms with E-state index >= 15 is 0 Å². The fraction of sp³-hybridized carbons (Fsp3) is 1.00. The van der Waals surface area contributed by atoms with Crippen molar-refractivity contribution in [1.29, 1.82) is 0 Å². The molecule has 0 aliphatic carbocycles. The molecule has 1 atom stereocenters. The third-order valence-corrected chi connectivity index (χ3v) is 5.52. The van der Waals surface area contributed by atoms with E-state index in [-0.39, 0.29) is 6.54 Å². The average molecular weight is 248 g/mol. The fourth-order valence-electron chi connectivity index (χ4n) is 2.30. The maximum atomic E-state index is 12.2. The number of piperidine rings is 1. The number of rotatable bonds is 2. The Morgan fingerprint density at radius 1 is 1.06 bits per heavy atom. The first-order valence-electron chi connectivity index (χ1n) is 5.93. The van der Waals surface area contributed by atoms with Crippen LogP contribution in [0, 0.1) is 5.92 Å². The van der Waals surface area contributed by atoms with E-state index in [1.807, 2.05) is 0 Å². The van der Waals surface area contributed by atoms with E-state index < -0.39 is 16.3 Å². The molecule has 94 valence electrons. The average Bonchev–Trinajstić information content (AvgIpc) is 2.66. The molecule has 5 nitrogen and oxygen atoms in total. The van der Waals surface area contributed by atoms with E-state index in [2.05, 4.69) is 6.92 Å². The summed E-state index contributed by atoms with van der Waals surface area (Å²) < 4.78 is 27.3. The molecule has 2 aliphatic heterocycles. The summed E-state index contributed by atoms with van der Waals surface area (Å²) in [6.45, 7) is 4.11. The van der Waals surface area contributed by atoms with Crippen LogP contribution in [0.4, 0.5) is 0 Å². The number of hydrogen-bond donors (Lipinski definition) is 1. The van der Waals surface area contributed by atoms with Crippen molar-refractivity contribution in [3.8, 4) is 0 Å². The first-order valence-corrected chi connectivity index (χ1v) is 7.33. The molecule has 2 saturated heterocycles. The minimum atomic E-state index is -3.31. The van der Waals surface area contributed by atoms with Crippen molar-refractivity contribution in [1.82, 2.24) is 8.61 Å². The number of nitrogens with zero attached hydrogens (tertiary/aromatic N) is 2. The second kappa shape index (κ2) is 4.60. The van der Waals surface area contributed by atoms with Crippen molar-refractivity contribution >= 4 is 10.2 Å². The number of aliphatic hydroxyl groups excluding tert-OH is 1. The van der Waals surface area contributed by atoms with Crippen LogP contribution in [-0.2, 0) is 10.2 Å². The number of aliphatic hydroxyl groups is 1. The van der Waals surface area contributed by atoms with Crippen LogP contribution in [0.2, 0.25) is 0 Å². The van der Waals surface area contributed by atoms with Gasteiger partial charge in [-0.15, -0.1) is 0 Å². The lowest BCUT2D eigenvalue weighted by molar-refractivity contribution is 0.187. The van der Waals surface area contributed by atoms with Crippen molar-refractivity contribution in [2.45, 2.75) is 32.3 Å². The van der Waals surface area contributed by atoms with Gasteiger partial charge in [-0.25, -0.2) is 0 Å². The van der Waals surface area contributed by atoms with E-state index in [9.17, 15) is 13.5 Å². The van der Waals surface area contributed by atoms with Crippen molar-refractivity contribution < 1.29 is 13.5 Å². The first-order chi connectivity index (χ1) is 7.50. The molecule has 0 aromatic carbocycles. The lowest BCUT2D eigenvalue weighted by Crippen LogP contribution is -2.46. The SMILES string of the molecule is CC1CCN(S(=O)(=O)N2CCC(O)C2)CC1. The van der Waals surface area contributed by atoms with Gasteiger partial charge in [0.15, 0.2) is 0 Å². The minimum absolute atomic E-state index is 0.258. The van der Waals surface area contributed by atoms with Gasteiger partial charge < -0.3 is 5.11 Å². The van der Waals surface area contributed by atoms with Crippen molar-refractivity contribution in [3.05, 3.63) is 0 Å². The predicted molar refractivity (Wildman–Crippen MR) is 61.1 cm³/mol. The van der Waals surface area contributed by atoms with Gasteiger partial charge in [0.1, 0.15) is 0 Å². The summed E-state index contributed by atoms with van der Waals surface area (Å²) in [6.07, 6.45) is 1.95. The van der Waals surface area contributed by atoms with E-state index in [4.69, 9.17) is 0 Å². The van der Waals surface area contributed by atoms with Crippen molar-refractivity contribution in [3.63, 3.8) is 0 Å². The van der Waals surface area contributed by atoms with Crippen LogP contribution in [0.3, 0.4) is 0 Å². The molecule has 1 unspecified atom stereocenters. The highest BCUT2D eigenvalue weighted by molar-refractivity contribution is 7.86. The van der Waals surface area contributed by atoms with Gasteiger partial charge in [0.25, 0.3) is 10.2 Å². The van der Waals surface area contributed by atoms with Gasteiger partial charge in [-0.05, 0) is 25.2 Å². The molecule has 0 aromatic heterocycles. The van der Waals surface area contributed by atoms with Gasteiger partial charge in [-0.1, -0.05) is 6.92 Å². The first kappa shape index (κ1) is 12.3. The Balaban J connectivity index is 2.02. The quantitative estimate of drug-likeness (QED) is 0.750. The summed E-state index contributed by atoms with van der Waals surface area (Å²) in [5.74, 6) is 0.621. The summed E-state index contributed by atoms with van der Waals surface area (Å²) >= 11 is 0. The third kappa shape index (κ3) is 2.40. The molecule has 6 heteroatoms. The van der Waals surface area contributed by atoms with Gasteiger partial charge in [-0.2, -0.15) is 17.0 Å². The minimum Gasteiger partial charge on any atom is -0.392 e. The molecule has 2 aliphatic rings. The van der Waals surface area contributed by atoms with Crippen LogP contribution in [-0.4, -0.2) is 54.4 Å². The maximum Gasteiger partial charge on any atom is 0.282 e. The van der Waals surface area contributed by atoms with Crippen LogP contribution in [0.5, 0.6) is 0 Å². The van der Waals surface area contributed by atoms with Gasteiger partial charge in [0.2, 0.25) is 0 Å². The fourth-order valence-corrected chi connectivity index (χ4v) is 3.99. The van der Waals surface area contributed by atoms with E-state index in [1.54, 1.807) is 4.31 Å². The monoisotopic (exact) mass is 248 g/mol. The molecule has 2 fully saturated rings. The summed E-state index contributed by atoms with van der Waals surface area (Å²) in [5, 5.41) is 9.38. The Bertz CT molecular complexity index is 336. The van der Waals surface area contributed by atoms with Crippen LogP contribution < -0.4 is 0 Å². The predicted octanol–water partition coefficient (Wildman–Crippen LogP) is 0.0297. The van der Waals surface area contributed by atoms with Crippen LogP contribution in [0.15, 0.2) is 0 Å². The summed E-state index contributed by atoms with van der Waals surface area (Å²) in [7, 11) is -3.31. The molecule has 0 bridgehead atoms. The zero-order valence-electron chi connectivity index (χ0n) is 9.67. The normalized spacial score (nSPS) is 31.0. The van der Waals surface area contributed by atoms with Gasteiger partial charge in [0, 0.05) is 26.2 Å². The van der Waals surface area contributed by atoms with E-state index in [1.165, 1.54) is 4.31 Å². The van der Waals surface area contributed by atoms with Crippen molar-refractivity contribution in [2.24, 2.45) is 5.92 Å². The third-order valence-electron chi connectivity index (χ3n) is 3.52. The van der Waals surface area contributed by atoms with Crippen molar-refractivity contribution in [2.75, 3.05) is 26.2 Å². The Morgan fingerprint density at radius 2 is 1.62 bits per heavy atom. The second-order valence-electron chi connectivity index (χ2n) is 4.89. The highest BCUT2D eigenvalue weighted by Crippen LogP contribution is 2.23. The molecule has 16 heavy (non-hydrogen) atoms. The zero-order chi connectivity index (χ0) is 11.8. The standard InChI is InChI=1S/C10H20N2O3S/c1-9-2-5-11(6-3-9)16(14,15)12-7-4-10(13)8-12/h9-10,13H,2-8H2,1H3. The van der Waals surface area contributed by atoms with Crippen LogP contribution in [0.1, 0.15) is 26.2 Å². The molecule has 0 aromatic rings. The molecule has 0 amide bonds. The lowest BCUT2D eigenvalue weighted by atomic mass is 10.0. The molecule has 1 N–H and O–H groups in total. The van der Waals surface area contributed by atoms with Crippen LogP contribution in [0.25, 0.3) is 0 Å².